The predicted octanol–water partition coefficient (Wildman–Crippen LogP) is 3.92. The maximum absolute atomic E-state index is 14.0. The second-order valence-corrected chi connectivity index (χ2v) is 7.54. The van der Waals surface area contributed by atoms with Crippen molar-refractivity contribution in [2.24, 2.45) is 0 Å². The molecule has 0 saturated carbocycles. The van der Waals surface area contributed by atoms with Gasteiger partial charge in [-0.15, -0.1) is 0 Å². The zero-order valence-electron chi connectivity index (χ0n) is 17.0. The van der Waals surface area contributed by atoms with Crippen LogP contribution < -0.4 is 19.9 Å². The van der Waals surface area contributed by atoms with Crippen molar-refractivity contribution in [2.75, 3.05) is 49.4 Å². The molecule has 2 heterocycles. The monoisotopic (exact) mass is 395 g/mol. The molecule has 0 radical (unpaired) electrons. The lowest BCUT2D eigenvalue weighted by molar-refractivity contribution is 0.387. The molecule has 1 aliphatic heterocycles. The summed E-state index contributed by atoms with van der Waals surface area (Å²) in [5, 5.41) is 4.30. The zero-order chi connectivity index (χ0) is 20.4. The number of nitrogens with zero attached hydrogens (tertiary/aromatic N) is 4. The first-order chi connectivity index (χ1) is 14.0. The van der Waals surface area contributed by atoms with Gasteiger partial charge in [-0.2, -0.15) is 0 Å². The number of ether oxygens (including phenoxy) is 1. The molecule has 0 spiro atoms. The lowest BCUT2D eigenvalue weighted by atomic mass is 10.0. The van der Waals surface area contributed by atoms with Crippen LogP contribution in [-0.4, -0.2) is 50.3 Å². The van der Waals surface area contributed by atoms with Gasteiger partial charge in [0, 0.05) is 56.1 Å². The molecule has 3 aromatic rings. The SMILES string of the molecule is COc1cc2c(NC3CCN(c4ccc(N(C)C)cc4)CC3)ncnc2cc1F. The Balaban J connectivity index is 1.44. The lowest BCUT2D eigenvalue weighted by Crippen LogP contribution is -2.39. The molecule has 1 saturated heterocycles. The van der Waals surface area contributed by atoms with Gasteiger partial charge in [0.2, 0.25) is 0 Å². The minimum atomic E-state index is -0.418. The highest BCUT2D eigenvalue weighted by molar-refractivity contribution is 5.90. The van der Waals surface area contributed by atoms with Crippen molar-refractivity contribution in [1.29, 1.82) is 0 Å². The quantitative estimate of drug-likeness (QED) is 0.707. The van der Waals surface area contributed by atoms with Gasteiger partial charge in [-0.05, 0) is 43.2 Å². The van der Waals surface area contributed by atoms with Crippen LogP contribution in [0.2, 0.25) is 0 Å². The smallest absolute Gasteiger partial charge is 0.167 e. The lowest BCUT2D eigenvalue weighted by Gasteiger charge is -2.34. The van der Waals surface area contributed by atoms with E-state index in [0.29, 0.717) is 11.6 Å². The number of aromatic nitrogens is 2. The molecule has 152 valence electrons. The van der Waals surface area contributed by atoms with E-state index in [9.17, 15) is 4.39 Å². The van der Waals surface area contributed by atoms with Crippen LogP contribution in [0.25, 0.3) is 10.9 Å². The number of benzene rings is 2. The van der Waals surface area contributed by atoms with Gasteiger partial charge in [0.1, 0.15) is 12.1 Å². The molecule has 29 heavy (non-hydrogen) atoms. The topological polar surface area (TPSA) is 53.5 Å². The average molecular weight is 395 g/mol. The molecule has 0 aliphatic carbocycles. The van der Waals surface area contributed by atoms with Gasteiger partial charge in [-0.3, -0.25) is 0 Å². The molecule has 0 amide bonds. The van der Waals surface area contributed by atoms with Crippen LogP contribution in [0.3, 0.4) is 0 Å². The standard InChI is InChI=1S/C22H26FN5O/c1-27(2)16-4-6-17(7-5-16)28-10-8-15(9-11-28)26-22-18-12-21(29-3)19(23)13-20(18)24-14-25-22/h4-7,12-15H,8-11H2,1-3H3,(H,24,25,26). The highest BCUT2D eigenvalue weighted by Gasteiger charge is 2.21. The summed E-state index contributed by atoms with van der Waals surface area (Å²) in [5.74, 6) is 0.506. The van der Waals surface area contributed by atoms with Gasteiger partial charge in [0.15, 0.2) is 11.6 Å². The van der Waals surface area contributed by atoms with Crippen LogP contribution in [0.5, 0.6) is 5.75 Å². The van der Waals surface area contributed by atoms with E-state index in [-0.39, 0.29) is 5.75 Å². The molecule has 1 aromatic heterocycles. The highest BCUT2D eigenvalue weighted by Crippen LogP contribution is 2.29. The Bertz CT molecular complexity index is 984. The number of fused-ring (bicyclic) bond motifs is 1. The molecule has 0 atom stereocenters. The van der Waals surface area contributed by atoms with Crippen molar-refractivity contribution in [3.63, 3.8) is 0 Å². The van der Waals surface area contributed by atoms with Gasteiger partial charge in [0.25, 0.3) is 0 Å². The van der Waals surface area contributed by atoms with E-state index in [4.69, 9.17) is 4.74 Å². The molecule has 6 nitrogen and oxygen atoms in total. The van der Waals surface area contributed by atoms with E-state index in [0.717, 1.165) is 37.1 Å². The van der Waals surface area contributed by atoms with Crippen molar-refractivity contribution in [3.05, 3.63) is 48.5 Å². The number of rotatable bonds is 5. The van der Waals surface area contributed by atoms with Gasteiger partial charge >= 0.3 is 0 Å². The van der Waals surface area contributed by atoms with E-state index in [1.807, 2.05) is 14.1 Å². The van der Waals surface area contributed by atoms with Crippen LogP contribution in [0.1, 0.15) is 12.8 Å². The summed E-state index contributed by atoms with van der Waals surface area (Å²) in [6.45, 7) is 1.94. The minimum absolute atomic E-state index is 0.200. The molecular weight excluding hydrogens is 369 g/mol. The fraction of sp³-hybridized carbons (Fsp3) is 0.364. The summed E-state index contributed by atoms with van der Waals surface area (Å²) in [6.07, 6.45) is 3.47. The van der Waals surface area contributed by atoms with Crippen LogP contribution in [-0.2, 0) is 0 Å². The second kappa shape index (κ2) is 8.11. The van der Waals surface area contributed by atoms with Gasteiger partial charge in [-0.1, -0.05) is 0 Å². The molecule has 4 rings (SSSR count). The van der Waals surface area contributed by atoms with E-state index in [1.54, 1.807) is 6.07 Å². The summed E-state index contributed by atoms with van der Waals surface area (Å²) < 4.78 is 19.1. The van der Waals surface area contributed by atoms with Crippen molar-refractivity contribution in [1.82, 2.24) is 9.97 Å². The highest BCUT2D eigenvalue weighted by atomic mass is 19.1. The first-order valence-corrected chi connectivity index (χ1v) is 9.82. The Labute approximate surface area is 170 Å². The van der Waals surface area contributed by atoms with Crippen molar-refractivity contribution in [2.45, 2.75) is 18.9 Å². The normalized spacial score (nSPS) is 14.8. The van der Waals surface area contributed by atoms with Gasteiger partial charge in [0.05, 0.1) is 12.6 Å². The zero-order valence-corrected chi connectivity index (χ0v) is 17.0. The third kappa shape index (κ3) is 4.04. The van der Waals surface area contributed by atoms with Crippen LogP contribution in [0, 0.1) is 5.82 Å². The number of hydrogen-bond donors (Lipinski definition) is 1. The van der Waals surface area contributed by atoms with Crippen LogP contribution in [0.4, 0.5) is 21.6 Å². The summed E-state index contributed by atoms with van der Waals surface area (Å²) in [5.41, 5.74) is 3.02. The fourth-order valence-corrected chi connectivity index (χ4v) is 3.77. The number of halogens is 1. The van der Waals surface area contributed by atoms with Crippen molar-refractivity contribution >= 4 is 28.1 Å². The van der Waals surface area contributed by atoms with Gasteiger partial charge < -0.3 is 19.9 Å². The Hall–Kier alpha value is -3.09. The van der Waals surface area contributed by atoms with Crippen molar-refractivity contribution < 1.29 is 9.13 Å². The maximum Gasteiger partial charge on any atom is 0.167 e. The Morgan fingerprint density at radius 3 is 2.48 bits per heavy atom. The third-order valence-electron chi connectivity index (χ3n) is 5.48. The van der Waals surface area contributed by atoms with Crippen molar-refractivity contribution in [3.8, 4) is 5.75 Å². The van der Waals surface area contributed by atoms with E-state index >= 15 is 0 Å². The predicted molar refractivity (Wildman–Crippen MR) is 116 cm³/mol. The minimum Gasteiger partial charge on any atom is -0.494 e. The Kier molecular flexibility index (Phi) is 5.38. The summed E-state index contributed by atoms with van der Waals surface area (Å²) in [6, 6.07) is 12.0. The summed E-state index contributed by atoms with van der Waals surface area (Å²) >= 11 is 0. The Morgan fingerprint density at radius 2 is 1.83 bits per heavy atom. The van der Waals surface area contributed by atoms with E-state index in [2.05, 4.69) is 49.4 Å². The molecule has 2 aromatic carbocycles. The van der Waals surface area contributed by atoms with Gasteiger partial charge in [-0.25, -0.2) is 14.4 Å². The molecule has 1 fully saturated rings. The van der Waals surface area contributed by atoms with Crippen LogP contribution >= 0.6 is 0 Å². The largest absolute Gasteiger partial charge is 0.494 e. The first kappa shape index (κ1) is 19.2. The number of anilines is 3. The van der Waals surface area contributed by atoms with Crippen LogP contribution in [0.15, 0.2) is 42.7 Å². The molecule has 1 aliphatic rings. The molecule has 0 bridgehead atoms. The van der Waals surface area contributed by atoms with E-state index in [1.165, 1.54) is 30.9 Å². The average Bonchev–Trinajstić information content (AvgIpc) is 2.74. The summed E-state index contributed by atoms with van der Waals surface area (Å²) in [4.78, 5) is 13.1. The summed E-state index contributed by atoms with van der Waals surface area (Å²) in [7, 11) is 5.56. The molecule has 0 unspecified atom stereocenters. The molecule has 7 heteroatoms. The number of hydrogen-bond acceptors (Lipinski definition) is 6. The number of methoxy groups -OCH3 is 1. The van der Waals surface area contributed by atoms with E-state index < -0.39 is 5.82 Å². The first-order valence-electron chi connectivity index (χ1n) is 9.82. The third-order valence-corrected chi connectivity index (χ3v) is 5.48. The Morgan fingerprint density at radius 1 is 1.10 bits per heavy atom. The maximum atomic E-state index is 14.0. The molecule has 1 N–H and O–H groups in total. The molecular formula is C22H26FN5O. The second-order valence-electron chi connectivity index (χ2n) is 7.54. The number of nitrogens with one attached hydrogen (secondary N) is 1. The fourth-order valence-electron chi connectivity index (χ4n) is 3.77. The number of piperidine rings is 1.